The van der Waals surface area contributed by atoms with Crippen LogP contribution in [0.2, 0.25) is 0 Å². The van der Waals surface area contributed by atoms with Crippen LogP contribution in [0.4, 0.5) is 0 Å². The van der Waals surface area contributed by atoms with Gasteiger partial charge in [-0.25, -0.2) is 9.78 Å². The van der Waals surface area contributed by atoms with E-state index in [0.29, 0.717) is 12.0 Å². The number of carbonyl (C=O) groups is 16. The molecule has 0 radical (unpaired) electrons. The third-order valence-electron chi connectivity index (χ3n) is 16.7. The van der Waals surface area contributed by atoms with Crippen LogP contribution in [-0.2, 0) is 96.0 Å². The standard InChI is InChI=1S/C65H90N18O19/c1-4-33(2)54(63(99)76-42(65(101)102)19-20-52(87)88)82-51(86)31-72-57(93)44(26-49(68)84)77-60(96)45(27-50(69)85)78-61(97)46(28-53(89)90)79-58(94)41(17-10-11-21-66)75-59(95)43(25-37-30-70-32-73-37)80-62(98)48-18-12-22-83(48)64(100)47(24-36-29-71-40-16-9-8-15-38(36)40)81-55(91)34(3)74-56(92)39(67)23-35-13-6-5-7-14-35/h5-9,13-16,29-30,32-34,39,41-48,54,71H,4,10-12,17-28,31,66-67H2,1-3H3,(H2,68,84)(H2,69,85)(H,70,73)(H,72,93)(H,74,92)(H,75,95)(H,76,99)(H,77,96)(H,78,97)(H,79,94)(H,80,98)(H,81,91)(H,82,86)(H,87,88)(H,89,90)(H,101,102)/t33-,34-,39-,41-,42-,43-,44-,45-,46-,47-,48-,54-/m0/s1. The third-order valence-corrected chi connectivity index (χ3v) is 16.7. The number of likely N-dealkylation sites (tertiary alicyclic amines) is 1. The molecule has 37 nitrogen and oxygen atoms in total. The van der Waals surface area contributed by atoms with Gasteiger partial charge in [0.25, 0.3) is 0 Å². The number of amides is 13. The predicted octanol–water partition coefficient (Wildman–Crippen LogP) is -4.91. The number of fused-ring (bicyclic) bond motifs is 1. The summed E-state index contributed by atoms with van der Waals surface area (Å²) in [4.78, 5) is 225. The summed E-state index contributed by atoms with van der Waals surface area (Å²) < 4.78 is 0. The highest BCUT2D eigenvalue weighted by Gasteiger charge is 2.41. The molecule has 554 valence electrons. The van der Waals surface area contributed by atoms with Crippen molar-refractivity contribution in [1.82, 2.24) is 73.0 Å². The maximum Gasteiger partial charge on any atom is 0.326 e. The Kier molecular flexibility index (Phi) is 31.9. The van der Waals surface area contributed by atoms with Crippen molar-refractivity contribution in [2.75, 3.05) is 19.6 Å². The van der Waals surface area contributed by atoms with Gasteiger partial charge in [0, 0.05) is 49.1 Å². The Labute approximate surface area is 584 Å². The van der Waals surface area contributed by atoms with E-state index in [9.17, 15) is 86.9 Å². The van der Waals surface area contributed by atoms with Crippen molar-refractivity contribution in [1.29, 1.82) is 0 Å². The SMILES string of the molecule is CC[C@H](C)[C@H](NC(=O)CNC(=O)[C@H](CC(N)=O)NC(=O)[C@H](CC(N)=O)NC(=O)[C@H](CC(=O)O)NC(=O)[C@H](CCCCN)NC(=O)[C@H](Cc1c[nH]cn1)NC(=O)[C@@H]1CCCN1C(=O)[C@H](Cc1c[nH]c2ccccc12)NC(=O)[C@H](C)NC(=O)[C@@H](N)Cc1ccccc1)C(=O)N[C@@H](CCC(=O)O)C(=O)O. The maximum atomic E-state index is 14.9. The molecule has 0 aliphatic carbocycles. The van der Waals surface area contributed by atoms with Crippen LogP contribution in [0.5, 0.6) is 0 Å². The number of nitrogens with two attached hydrogens (primary N) is 4. The number of para-hydroxylation sites is 1. The monoisotopic (exact) mass is 1430 g/mol. The zero-order valence-corrected chi connectivity index (χ0v) is 56.5. The lowest BCUT2D eigenvalue weighted by molar-refractivity contribution is -0.144. The van der Waals surface area contributed by atoms with Gasteiger partial charge in [0.2, 0.25) is 76.8 Å². The highest BCUT2D eigenvalue weighted by atomic mass is 16.4. The summed E-state index contributed by atoms with van der Waals surface area (Å²) in [5.74, 6) is -19.0. The molecule has 1 fully saturated rings. The molecule has 0 saturated carbocycles. The molecule has 2 aromatic heterocycles. The Morgan fingerprint density at radius 2 is 1.19 bits per heavy atom. The Morgan fingerprint density at radius 3 is 1.78 bits per heavy atom. The summed E-state index contributed by atoms with van der Waals surface area (Å²) in [6, 6.07) is -1.00. The molecule has 13 amide bonds. The molecule has 1 aliphatic heterocycles. The van der Waals surface area contributed by atoms with E-state index in [-0.39, 0.29) is 70.2 Å². The van der Waals surface area contributed by atoms with Gasteiger partial charge >= 0.3 is 17.9 Å². The van der Waals surface area contributed by atoms with E-state index in [1.165, 1.54) is 31.3 Å². The summed E-state index contributed by atoms with van der Waals surface area (Å²) >= 11 is 0. The number of aromatic amines is 2. The number of aliphatic carboxylic acids is 3. The number of rotatable bonds is 43. The fourth-order valence-electron chi connectivity index (χ4n) is 11.0. The minimum atomic E-state index is -2.11. The summed E-state index contributed by atoms with van der Waals surface area (Å²) in [6.07, 6.45) is 0.634. The van der Waals surface area contributed by atoms with E-state index in [1.807, 2.05) is 18.2 Å². The van der Waals surface area contributed by atoms with Crippen LogP contribution in [0.1, 0.15) is 108 Å². The van der Waals surface area contributed by atoms with Crippen LogP contribution in [0.3, 0.4) is 0 Å². The van der Waals surface area contributed by atoms with Gasteiger partial charge in [-0.2, -0.15) is 0 Å². The van der Waals surface area contributed by atoms with Crippen molar-refractivity contribution >= 4 is 106 Å². The van der Waals surface area contributed by atoms with Crippen molar-refractivity contribution < 1.29 is 92.0 Å². The zero-order chi connectivity index (χ0) is 75.3. The van der Waals surface area contributed by atoms with E-state index in [4.69, 9.17) is 28.0 Å². The Hall–Kier alpha value is -11.4. The Morgan fingerprint density at radius 1 is 0.598 bits per heavy atom. The van der Waals surface area contributed by atoms with Gasteiger partial charge in [0.1, 0.15) is 60.4 Å². The molecule has 4 aromatic rings. The molecule has 102 heavy (non-hydrogen) atoms. The molecule has 1 aliphatic rings. The van der Waals surface area contributed by atoms with Gasteiger partial charge < -0.3 is 106 Å². The number of aromatic nitrogens is 3. The van der Waals surface area contributed by atoms with Gasteiger partial charge in [-0.3, -0.25) is 71.9 Å². The second-order valence-corrected chi connectivity index (χ2v) is 24.6. The molecular formula is C65H90N18O19. The number of carbonyl (C=O) groups excluding carboxylic acids is 13. The van der Waals surface area contributed by atoms with E-state index in [2.05, 4.69) is 68.1 Å². The molecule has 5 rings (SSSR count). The van der Waals surface area contributed by atoms with E-state index < -0.39 is 206 Å². The lowest BCUT2D eigenvalue weighted by Crippen LogP contribution is -2.61. The molecule has 23 N–H and O–H groups in total. The van der Waals surface area contributed by atoms with Gasteiger partial charge in [0.05, 0.1) is 43.9 Å². The average molecular weight is 1430 g/mol. The summed E-state index contributed by atoms with van der Waals surface area (Å²) in [5, 5.41) is 53.0. The van der Waals surface area contributed by atoms with Crippen molar-refractivity contribution in [2.45, 2.75) is 177 Å². The first-order valence-electron chi connectivity index (χ1n) is 33.0. The molecule has 0 unspecified atom stereocenters. The Balaban J connectivity index is 1.32. The number of nitrogens with zero attached hydrogens (tertiary/aromatic N) is 2. The fraction of sp³-hybridized carbons (Fsp3) is 0.492. The van der Waals surface area contributed by atoms with Gasteiger partial charge in [0.15, 0.2) is 0 Å². The fourth-order valence-corrected chi connectivity index (χ4v) is 11.0. The minimum Gasteiger partial charge on any atom is -0.481 e. The smallest absolute Gasteiger partial charge is 0.326 e. The average Bonchev–Trinajstić information content (AvgIpc) is 1.66. The molecule has 37 heteroatoms. The molecular weight excluding hydrogens is 1340 g/mol. The molecule has 2 aromatic carbocycles. The topological polar surface area (TPSA) is 606 Å². The van der Waals surface area contributed by atoms with Crippen LogP contribution in [-0.4, -0.2) is 216 Å². The van der Waals surface area contributed by atoms with Gasteiger partial charge in [-0.15, -0.1) is 0 Å². The number of hydrogen-bond donors (Lipinski definition) is 19. The lowest BCUT2D eigenvalue weighted by Gasteiger charge is -2.31. The number of hydrogen-bond acceptors (Lipinski definition) is 19. The third kappa shape index (κ3) is 25.7. The molecule has 3 heterocycles. The van der Waals surface area contributed by atoms with Crippen LogP contribution in [0, 0.1) is 5.92 Å². The highest BCUT2D eigenvalue weighted by molar-refractivity contribution is 6.01. The second kappa shape index (κ2) is 40.0. The van der Waals surface area contributed by atoms with Crippen LogP contribution in [0.25, 0.3) is 10.9 Å². The van der Waals surface area contributed by atoms with Crippen LogP contribution in [0.15, 0.2) is 73.3 Å². The molecule has 12 atom stereocenters. The summed E-state index contributed by atoms with van der Waals surface area (Å²) in [5.41, 5.74) is 25.2. The zero-order valence-electron chi connectivity index (χ0n) is 56.5. The van der Waals surface area contributed by atoms with Crippen molar-refractivity contribution in [3.63, 3.8) is 0 Å². The first kappa shape index (κ1) is 81.3. The number of primary amides is 2. The van der Waals surface area contributed by atoms with Gasteiger partial charge in [-0.05, 0) is 81.5 Å². The van der Waals surface area contributed by atoms with Crippen LogP contribution < -0.4 is 76.1 Å². The minimum absolute atomic E-state index is 0.0270. The number of H-pyrrole nitrogens is 2. The largest absolute Gasteiger partial charge is 0.481 e. The number of carboxylic acid groups (broad SMARTS) is 3. The number of nitrogens with one attached hydrogen (secondary N) is 12. The predicted molar refractivity (Wildman–Crippen MR) is 360 cm³/mol. The quantitative estimate of drug-likeness (QED) is 0.0185. The Bertz CT molecular complexity index is 3650. The van der Waals surface area contributed by atoms with Crippen molar-refractivity contribution in [3.05, 3.63) is 90.1 Å². The van der Waals surface area contributed by atoms with Crippen molar-refractivity contribution in [3.8, 4) is 0 Å². The maximum absolute atomic E-state index is 14.9. The summed E-state index contributed by atoms with van der Waals surface area (Å²) in [7, 11) is 0. The van der Waals surface area contributed by atoms with E-state index >= 15 is 0 Å². The van der Waals surface area contributed by atoms with E-state index in [1.54, 1.807) is 49.5 Å². The highest BCUT2D eigenvalue weighted by Crippen LogP contribution is 2.24. The molecule has 0 spiro atoms. The van der Waals surface area contributed by atoms with Crippen molar-refractivity contribution in [2.24, 2.45) is 28.9 Å². The first-order valence-corrected chi connectivity index (χ1v) is 33.0. The molecule has 1 saturated heterocycles. The summed E-state index contributed by atoms with van der Waals surface area (Å²) in [6.45, 7) is 3.76. The second-order valence-electron chi connectivity index (χ2n) is 24.6. The lowest BCUT2D eigenvalue weighted by atomic mass is 9.97. The normalized spacial score (nSPS) is 15.8. The van der Waals surface area contributed by atoms with Gasteiger partial charge in [-0.1, -0.05) is 68.8 Å². The number of unbranched alkanes of at least 4 members (excludes halogenated alkanes) is 1. The number of benzene rings is 2. The van der Waals surface area contributed by atoms with Crippen LogP contribution >= 0.6 is 0 Å². The number of imidazole rings is 1. The number of carboxylic acids is 3. The molecule has 0 bridgehead atoms. The van der Waals surface area contributed by atoms with E-state index in [0.717, 1.165) is 16.5 Å². The first-order chi connectivity index (χ1) is 48.4.